The predicted octanol–water partition coefficient (Wildman–Crippen LogP) is 3.42. The van der Waals surface area contributed by atoms with Gasteiger partial charge >= 0.3 is 0 Å². The molecular formula is C14H13ClO3. The van der Waals surface area contributed by atoms with Crippen LogP contribution in [0.2, 0.25) is 0 Å². The summed E-state index contributed by atoms with van der Waals surface area (Å²) in [6.45, 7) is 0.272. The lowest BCUT2D eigenvalue weighted by atomic mass is 10.2. The maximum absolute atomic E-state index is 9.88. The van der Waals surface area contributed by atoms with Gasteiger partial charge in [-0.05, 0) is 11.6 Å². The van der Waals surface area contributed by atoms with E-state index in [-0.39, 0.29) is 29.7 Å². The molecule has 0 bridgehead atoms. The minimum absolute atomic E-state index is 0.0667. The maximum Gasteiger partial charge on any atom is 0.203 e. The van der Waals surface area contributed by atoms with Gasteiger partial charge in [0, 0.05) is 5.56 Å². The molecule has 0 aliphatic heterocycles. The average Bonchev–Trinajstić information content (AvgIpc) is 2.40. The van der Waals surface area contributed by atoms with Crippen LogP contribution in [0.5, 0.6) is 17.2 Å². The third kappa shape index (κ3) is 2.68. The third-order valence-corrected chi connectivity index (χ3v) is 2.85. The van der Waals surface area contributed by atoms with Gasteiger partial charge in [0.2, 0.25) is 5.75 Å². The second-order valence-corrected chi connectivity index (χ2v) is 4.10. The Morgan fingerprint density at radius 1 is 1.00 bits per heavy atom. The Labute approximate surface area is 110 Å². The van der Waals surface area contributed by atoms with E-state index in [1.54, 1.807) is 6.07 Å². The highest BCUT2D eigenvalue weighted by molar-refractivity contribution is 6.17. The quantitative estimate of drug-likeness (QED) is 0.832. The van der Waals surface area contributed by atoms with Crippen molar-refractivity contribution in [3.63, 3.8) is 0 Å². The predicted molar refractivity (Wildman–Crippen MR) is 70.1 cm³/mol. The molecule has 2 aromatic carbocycles. The molecule has 0 spiro atoms. The van der Waals surface area contributed by atoms with Gasteiger partial charge in [-0.3, -0.25) is 0 Å². The van der Waals surface area contributed by atoms with Crippen LogP contribution in [0.4, 0.5) is 0 Å². The van der Waals surface area contributed by atoms with E-state index >= 15 is 0 Å². The molecule has 0 heterocycles. The monoisotopic (exact) mass is 264 g/mol. The lowest BCUT2D eigenvalue weighted by molar-refractivity contribution is 0.272. The summed E-state index contributed by atoms with van der Waals surface area (Å²) < 4.78 is 5.44. The van der Waals surface area contributed by atoms with Crippen LogP contribution in [0.25, 0.3) is 0 Å². The van der Waals surface area contributed by atoms with Crippen LogP contribution in [-0.2, 0) is 12.5 Å². The Morgan fingerprint density at radius 2 is 1.72 bits per heavy atom. The van der Waals surface area contributed by atoms with Crippen LogP contribution < -0.4 is 4.74 Å². The van der Waals surface area contributed by atoms with Gasteiger partial charge in [-0.1, -0.05) is 36.4 Å². The first kappa shape index (κ1) is 12.6. The molecule has 0 aliphatic rings. The van der Waals surface area contributed by atoms with Crippen molar-refractivity contribution in [3.8, 4) is 17.2 Å². The minimum atomic E-state index is -0.110. The molecule has 2 rings (SSSR count). The van der Waals surface area contributed by atoms with E-state index in [1.807, 2.05) is 30.3 Å². The van der Waals surface area contributed by atoms with Gasteiger partial charge < -0.3 is 14.9 Å². The SMILES string of the molecule is Oc1ccc(CCl)c(O)c1OCc1ccccc1. The molecule has 0 amide bonds. The van der Waals surface area contributed by atoms with Crippen molar-refractivity contribution in [3.05, 3.63) is 53.6 Å². The Kier molecular flexibility index (Phi) is 3.95. The van der Waals surface area contributed by atoms with E-state index in [0.717, 1.165) is 5.56 Å². The van der Waals surface area contributed by atoms with Crippen molar-refractivity contribution in [2.75, 3.05) is 0 Å². The summed E-state index contributed by atoms with van der Waals surface area (Å²) in [5, 5.41) is 19.5. The van der Waals surface area contributed by atoms with Crippen LogP contribution in [0.3, 0.4) is 0 Å². The molecule has 0 saturated heterocycles. The molecule has 2 N–H and O–H groups in total. The Morgan fingerprint density at radius 3 is 2.39 bits per heavy atom. The number of aromatic hydroxyl groups is 2. The zero-order valence-corrected chi connectivity index (χ0v) is 10.4. The van der Waals surface area contributed by atoms with Crippen molar-refractivity contribution in [2.24, 2.45) is 0 Å². The lowest BCUT2D eigenvalue weighted by Gasteiger charge is -2.12. The van der Waals surface area contributed by atoms with Crippen molar-refractivity contribution in [2.45, 2.75) is 12.5 Å². The first-order valence-corrected chi connectivity index (χ1v) is 6.02. The number of hydrogen-bond donors (Lipinski definition) is 2. The first-order valence-electron chi connectivity index (χ1n) is 5.49. The van der Waals surface area contributed by atoms with E-state index in [0.29, 0.717) is 5.56 Å². The van der Waals surface area contributed by atoms with Crippen LogP contribution in [-0.4, -0.2) is 10.2 Å². The van der Waals surface area contributed by atoms with Crippen LogP contribution >= 0.6 is 11.6 Å². The number of rotatable bonds is 4. The molecule has 4 heteroatoms. The second kappa shape index (κ2) is 5.65. The number of benzene rings is 2. The van der Waals surface area contributed by atoms with E-state index in [1.165, 1.54) is 6.07 Å². The van der Waals surface area contributed by atoms with Crippen LogP contribution in [0.15, 0.2) is 42.5 Å². The largest absolute Gasteiger partial charge is 0.504 e. The molecule has 0 aromatic heterocycles. The summed E-state index contributed by atoms with van der Waals surface area (Å²) >= 11 is 5.68. The third-order valence-electron chi connectivity index (χ3n) is 2.56. The number of hydrogen-bond acceptors (Lipinski definition) is 3. The van der Waals surface area contributed by atoms with Gasteiger partial charge in [0.15, 0.2) is 11.5 Å². The van der Waals surface area contributed by atoms with Crippen molar-refractivity contribution in [1.29, 1.82) is 0 Å². The molecule has 0 saturated carbocycles. The van der Waals surface area contributed by atoms with Gasteiger partial charge in [0.05, 0.1) is 5.88 Å². The number of halogens is 1. The standard InChI is InChI=1S/C14H13ClO3/c15-8-11-6-7-12(16)14(13(11)17)18-9-10-4-2-1-3-5-10/h1-7,16-17H,8-9H2. The summed E-state index contributed by atoms with van der Waals surface area (Å²) in [6.07, 6.45) is 0. The first-order chi connectivity index (χ1) is 8.72. The molecule has 0 unspecified atom stereocenters. The van der Waals surface area contributed by atoms with E-state index in [9.17, 15) is 10.2 Å². The normalized spacial score (nSPS) is 10.3. The summed E-state index contributed by atoms with van der Waals surface area (Å²) in [6, 6.07) is 12.5. The van der Waals surface area contributed by atoms with Crippen molar-refractivity contribution >= 4 is 11.6 Å². The molecule has 0 atom stereocenters. The topological polar surface area (TPSA) is 49.7 Å². The van der Waals surface area contributed by atoms with Crippen LogP contribution in [0.1, 0.15) is 11.1 Å². The van der Waals surface area contributed by atoms with E-state index < -0.39 is 0 Å². The highest BCUT2D eigenvalue weighted by atomic mass is 35.5. The average molecular weight is 265 g/mol. The Bertz CT molecular complexity index is 526. The summed E-state index contributed by atoms with van der Waals surface area (Å²) in [4.78, 5) is 0. The molecule has 0 aliphatic carbocycles. The number of alkyl halides is 1. The van der Waals surface area contributed by atoms with Crippen molar-refractivity contribution in [1.82, 2.24) is 0 Å². The Balaban J connectivity index is 2.19. The highest BCUT2D eigenvalue weighted by Crippen LogP contribution is 2.39. The lowest BCUT2D eigenvalue weighted by Crippen LogP contribution is -1.96. The molecule has 18 heavy (non-hydrogen) atoms. The Hall–Kier alpha value is -1.87. The van der Waals surface area contributed by atoms with E-state index in [2.05, 4.69) is 0 Å². The number of phenolic OH excluding ortho intramolecular Hbond substituents is 2. The van der Waals surface area contributed by atoms with Gasteiger partial charge in [-0.15, -0.1) is 11.6 Å². The smallest absolute Gasteiger partial charge is 0.203 e. The maximum atomic E-state index is 9.88. The molecular weight excluding hydrogens is 252 g/mol. The van der Waals surface area contributed by atoms with Gasteiger partial charge in [0.1, 0.15) is 6.61 Å². The summed E-state index contributed by atoms with van der Waals surface area (Å²) in [7, 11) is 0. The molecule has 0 radical (unpaired) electrons. The second-order valence-electron chi connectivity index (χ2n) is 3.83. The molecule has 3 nitrogen and oxygen atoms in total. The van der Waals surface area contributed by atoms with Crippen molar-refractivity contribution < 1.29 is 14.9 Å². The fraction of sp³-hybridized carbons (Fsp3) is 0.143. The zero-order chi connectivity index (χ0) is 13.0. The fourth-order valence-electron chi connectivity index (χ4n) is 1.58. The zero-order valence-electron chi connectivity index (χ0n) is 9.64. The summed E-state index contributed by atoms with van der Waals surface area (Å²) in [5.74, 6) is 0.0172. The fourth-order valence-corrected chi connectivity index (χ4v) is 1.80. The minimum Gasteiger partial charge on any atom is -0.504 e. The number of ether oxygens (including phenoxy) is 1. The van der Waals surface area contributed by atoms with Crippen LogP contribution in [0, 0.1) is 0 Å². The molecule has 2 aromatic rings. The molecule has 94 valence electrons. The van der Waals surface area contributed by atoms with Gasteiger partial charge in [-0.2, -0.15) is 0 Å². The molecule has 0 fully saturated rings. The summed E-state index contributed by atoms with van der Waals surface area (Å²) in [5.41, 5.74) is 1.48. The van der Waals surface area contributed by atoms with Gasteiger partial charge in [-0.25, -0.2) is 0 Å². The highest BCUT2D eigenvalue weighted by Gasteiger charge is 2.13. The number of phenols is 2. The van der Waals surface area contributed by atoms with E-state index in [4.69, 9.17) is 16.3 Å². The van der Waals surface area contributed by atoms with Gasteiger partial charge in [0.25, 0.3) is 0 Å².